The number of thioether (sulfide) groups is 1. The average molecular weight is 386 g/mol. The molecule has 1 aromatic heterocycles. The van der Waals surface area contributed by atoms with Crippen LogP contribution in [-0.4, -0.2) is 9.97 Å². The van der Waals surface area contributed by atoms with E-state index in [0.717, 1.165) is 32.6 Å². The van der Waals surface area contributed by atoms with Crippen LogP contribution in [-0.2, 0) is 5.75 Å². The third kappa shape index (κ3) is 4.81. The number of rotatable bonds is 5. The highest BCUT2D eigenvalue weighted by molar-refractivity contribution is 9.10. The predicted molar refractivity (Wildman–Crippen MR) is 100 cm³/mol. The van der Waals surface area contributed by atoms with Crippen molar-refractivity contribution in [2.24, 2.45) is 0 Å². The van der Waals surface area contributed by atoms with Gasteiger partial charge in [-0.2, -0.15) is 0 Å². The average Bonchev–Trinajstić information content (AvgIpc) is 2.53. The maximum atomic E-state index is 4.60. The summed E-state index contributed by atoms with van der Waals surface area (Å²) in [6.07, 6.45) is 0. The molecule has 2 aromatic carbocycles. The molecule has 23 heavy (non-hydrogen) atoms. The van der Waals surface area contributed by atoms with Crippen LogP contribution in [0, 0.1) is 6.92 Å². The first-order valence-corrected chi connectivity index (χ1v) is 9.02. The van der Waals surface area contributed by atoms with E-state index in [0.29, 0.717) is 0 Å². The van der Waals surface area contributed by atoms with Crippen molar-refractivity contribution < 1.29 is 0 Å². The molecule has 0 saturated heterocycles. The van der Waals surface area contributed by atoms with Gasteiger partial charge in [-0.3, -0.25) is 0 Å². The molecule has 0 aliphatic carbocycles. The van der Waals surface area contributed by atoms with E-state index < -0.39 is 0 Å². The smallest absolute Gasteiger partial charge is 0.190 e. The summed E-state index contributed by atoms with van der Waals surface area (Å²) in [6, 6.07) is 20.3. The lowest BCUT2D eigenvalue weighted by Gasteiger charge is -2.09. The van der Waals surface area contributed by atoms with Crippen molar-refractivity contribution >= 4 is 39.2 Å². The summed E-state index contributed by atoms with van der Waals surface area (Å²) in [5.74, 6) is 1.67. The van der Waals surface area contributed by atoms with Crippen LogP contribution >= 0.6 is 27.7 Å². The second-order valence-electron chi connectivity index (χ2n) is 5.09. The number of hydrogen-bond acceptors (Lipinski definition) is 4. The van der Waals surface area contributed by atoms with Gasteiger partial charge >= 0.3 is 0 Å². The standard InChI is InChI=1S/C18H16BrN3S/c1-13-10-17(21-16-9-5-8-15(19)11-16)22-18(20-13)23-12-14-6-3-2-4-7-14/h2-11H,12H2,1H3,(H,20,21,22). The van der Waals surface area contributed by atoms with Gasteiger partial charge in [0.2, 0.25) is 0 Å². The Bertz CT molecular complexity index is 793. The minimum atomic E-state index is 0.784. The number of nitrogens with one attached hydrogen (secondary N) is 1. The minimum Gasteiger partial charge on any atom is -0.340 e. The maximum absolute atomic E-state index is 4.60. The third-order valence-electron chi connectivity index (χ3n) is 3.14. The SMILES string of the molecule is Cc1cc(Nc2cccc(Br)c2)nc(SCc2ccccc2)n1. The zero-order valence-electron chi connectivity index (χ0n) is 12.7. The summed E-state index contributed by atoms with van der Waals surface area (Å²) >= 11 is 5.12. The molecular formula is C18H16BrN3S. The van der Waals surface area contributed by atoms with E-state index in [-0.39, 0.29) is 0 Å². The Morgan fingerprint density at radius 3 is 2.61 bits per heavy atom. The number of benzene rings is 2. The lowest BCUT2D eigenvalue weighted by Crippen LogP contribution is -1.98. The summed E-state index contributed by atoms with van der Waals surface area (Å²) in [6.45, 7) is 1.99. The lowest BCUT2D eigenvalue weighted by atomic mass is 10.2. The van der Waals surface area contributed by atoms with E-state index in [9.17, 15) is 0 Å². The molecule has 0 aliphatic rings. The van der Waals surface area contributed by atoms with Crippen LogP contribution in [0.25, 0.3) is 0 Å². The molecule has 116 valence electrons. The highest BCUT2D eigenvalue weighted by atomic mass is 79.9. The van der Waals surface area contributed by atoms with Gasteiger partial charge in [-0.15, -0.1) is 0 Å². The van der Waals surface area contributed by atoms with Gasteiger partial charge in [-0.25, -0.2) is 9.97 Å². The first-order valence-electron chi connectivity index (χ1n) is 7.24. The Labute approximate surface area is 148 Å². The van der Waals surface area contributed by atoms with Crippen LogP contribution in [0.15, 0.2) is 70.3 Å². The predicted octanol–water partition coefficient (Wildman–Crippen LogP) is 5.58. The molecule has 0 aliphatic heterocycles. The zero-order chi connectivity index (χ0) is 16.1. The molecule has 5 heteroatoms. The second-order valence-corrected chi connectivity index (χ2v) is 6.94. The molecule has 0 amide bonds. The molecule has 3 aromatic rings. The lowest BCUT2D eigenvalue weighted by molar-refractivity contribution is 0.937. The Hall–Kier alpha value is -1.85. The van der Waals surface area contributed by atoms with Crippen molar-refractivity contribution in [1.29, 1.82) is 0 Å². The molecule has 3 nitrogen and oxygen atoms in total. The molecule has 0 spiro atoms. The van der Waals surface area contributed by atoms with Gasteiger partial charge in [0.05, 0.1) is 0 Å². The van der Waals surface area contributed by atoms with Crippen LogP contribution in [0.3, 0.4) is 0 Å². The Morgan fingerprint density at radius 2 is 1.83 bits per heavy atom. The number of halogens is 1. The van der Waals surface area contributed by atoms with E-state index in [1.54, 1.807) is 11.8 Å². The number of hydrogen-bond donors (Lipinski definition) is 1. The van der Waals surface area contributed by atoms with Crippen LogP contribution in [0.1, 0.15) is 11.3 Å². The monoisotopic (exact) mass is 385 g/mol. The number of anilines is 2. The summed E-state index contributed by atoms with van der Waals surface area (Å²) in [5.41, 5.74) is 3.22. The first-order chi connectivity index (χ1) is 11.2. The Balaban J connectivity index is 1.73. The fraction of sp³-hybridized carbons (Fsp3) is 0.111. The van der Waals surface area contributed by atoms with Crippen LogP contribution in [0.5, 0.6) is 0 Å². The van der Waals surface area contributed by atoms with E-state index in [1.165, 1.54) is 5.56 Å². The fourth-order valence-corrected chi connectivity index (χ4v) is 3.37. The molecule has 1 N–H and O–H groups in total. The summed E-state index contributed by atoms with van der Waals surface area (Å²) in [4.78, 5) is 9.11. The summed E-state index contributed by atoms with van der Waals surface area (Å²) in [5, 5.41) is 4.11. The van der Waals surface area contributed by atoms with Gasteiger partial charge in [0.1, 0.15) is 5.82 Å². The quantitative estimate of drug-likeness (QED) is 0.459. The molecule has 3 rings (SSSR count). The van der Waals surface area contributed by atoms with Crippen molar-refractivity contribution in [1.82, 2.24) is 9.97 Å². The van der Waals surface area contributed by atoms with Gasteiger partial charge in [0, 0.05) is 27.7 Å². The van der Waals surface area contributed by atoms with Gasteiger partial charge in [0.25, 0.3) is 0 Å². The third-order valence-corrected chi connectivity index (χ3v) is 4.55. The number of aromatic nitrogens is 2. The molecule has 0 bridgehead atoms. The van der Waals surface area contributed by atoms with E-state index in [1.807, 2.05) is 55.5 Å². The van der Waals surface area contributed by atoms with Crippen molar-refractivity contribution in [2.45, 2.75) is 17.8 Å². The molecule has 1 heterocycles. The van der Waals surface area contributed by atoms with Crippen molar-refractivity contribution in [3.63, 3.8) is 0 Å². The van der Waals surface area contributed by atoms with Crippen molar-refractivity contribution in [3.8, 4) is 0 Å². The second kappa shape index (κ2) is 7.62. The van der Waals surface area contributed by atoms with E-state index in [4.69, 9.17) is 0 Å². The van der Waals surface area contributed by atoms with Crippen molar-refractivity contribution in [2.75, 3.05) is 5.32 Å². The molecule has 0 fully saturated rings. The van der Waals surface area contributed by atoms with Crippen LogP contribution in [0.2, 0.25) is 0 Å². The highest BCUT2D eigenvalue weighted by Gasteiger charge is 2.04. The van der Waals surface area contributed by atoms with E-state index in [2.05, 4.69) is 43.3 Å². The maximum Gasteiger partial charge on any atom is 0.190 e. The summed E-state index contributed by atoms with van der Waals surface area (Å²) < 4.78 is 1.03. The summed E-state index contributed by atoms with van der Waals surface area (Å²) in [7, 11) is 0. The zero-order valence-corrected chi connectivity index (χ0v) is 15.1. The molecule has 0 saturated carbocycles. The van der Waals surface area contributed by atoms with E-state index >= 15 is 0 Å². The molecule has 0 unspecified atom stereocenters. The van der Waals surface area contributed by atoms with Crippen LogP contribution < -0.4 is 5.32 Å². The van der Waals surface area contributed by atoms with Gasteiger partial charge in [-0.05, 0) is 30.7 Å². The number of nitrogens with zero attached hydrogens (tertiary/aromatic N) is 2. The highest BCUT2D eigenvalue weighted by Crippen LogP contribution is 2.24. The topological polar surface area (TPSA) is 37.8 Å². The van der Waals surface area contributed by atoms with Gasteiger partial charge in [-0.1, -0.05) is 64.1 Å². The fourth-order valence-electron chi connectivity index (χ4n) is 2.11. The molecule has 0 radical (unpaired) electrons. The van der Waals surface area contributed by atoms with Crippen LogP contribution in [0.4, 0.5) is 11.5 Å². The number of aryl methyl sites for hydroxylation is 1. The molecular weight excluding hydrogens is 370 g/mol. The van der Waals surface area contributed by atoms with Gasteiger partial charge in [0.15, 0.2) is 5.16 Å². The first kappa shape index (κ1) is 16.0. The van der Waals surface area contributed by atoms with Gasteiger partial charge < -0.3 is 5.32 Å². The normalized spacial score (nSPS) is 10.5. The Morgan fingerprint density at radius 1 is 1.00 bits per heavy atom. The molecule has 0 atom stereocenters. The largest absolute Gasteiger partial charge is 0.340 e. The Kier molecular flexibility index (Phi) is 5.31. The minimum absolute atomic E-state index is 0.784. The van der Waals surface area contributed by atoms with Crippen molar-refractivity contribution in [3.05, 3.63) is 76.4 Å².